The Bertz CT molecular complexity index is 1590. The number of anilines is 1. The third-order valence-corrected chi connectivity index (χ3v) is 7.15. The SMILES string of the molecule is Cc1c(-c2ccccc2)c(O)c(C2=NS(=O)(=O)c3ccccc3N2)c(=O)n1Cc1ccccc1. The summed E-state index contributed by atoms with van der Waals surface area (Å²) in [5, 5.41) is 14.3. The second-order valence-corrected chi connectivity index (χ2v) is 9.54. The van der Waals surface area contributed by atoms with E-state index >= 15 is 0 Å². The fourth-order valence-corrected chi connectivity index (χ4v) is 5.29. The average Bonchev–Trinajstić information content (AvgIpc) is 2.83. The van der Waals surface area contributed by atoms with Crippen molar-refractivity contribution >= 4 is 21.5 Å². The number of pyridine rings is 1. The monoisotopic (exact) mass is 471 g/mol. The Hall–Kier alpha value is -4.17. The molecule has 1 aliphatic rings. The standard InChI is InChI=1S/C26H21N3O4S/c1-17-22(19-12-6-3-7-13-19)24(30)23(26(31)29(17)16-18-10-4-2-5-11-18)25-27-20-14-8-9-15-21(20)34(32,33)28-25/h2-15,30H,16H2,1H3,(H,27,28). The molecule has 0 atom stereocenters. The molecule has 2 heterocycles. The number of aromatic hydroxyl groups is 1. The predicted octanol–water partition coefficient (Wildman–Crippen LogP) is 4.14. The molecule has 4 aromatic rings. The first-order chi connectivity index (χ1) is 16.4. The van der Waals surface area contributed by atoms with Crippen LogP contribution in [0.4, 0.5) is 5.69 Å². The van der Waals surface area contributed by atoms with Crippen LogP contribution in [0, 0.1) is 6.92 Å². The van der Waals surface area contributed by atoms with Crippen LogP contribution in [0.3, 0.4) is 0 Å². The highest BCUT2D eigenvalue weighted by Gasteiger charge is 2.30. The number of amidine groups is 1. The van der Waals surface area contributed by atoms with Crippen LogP contribution in [0.2, 0.25) is 0 Å². The van der Waals surface area contributed by atoms with Crippen molar-refractivity contribution in [3.63, 3.8) is 0 Å². The Morgan fingerprint density at radius 3 is 2.21 bits per heavy atom. The zero-order valence-corrected chi connectivity index (χ0v) is 19.1. The molecule has 0 spiro atoms. The van der Waals surface area contributed by atoms with Gasteiger partial charge in [-0.05, 0) is 30.2 Å². The largest absolute Gasteiger partial charge is 0.506 e. The normalized spacial score (nSPS) is 14.1. The maximum absolute atomic E-state index is 13.7. The third-order valence-electron chi connectivity index (χ3n) is 5.81. The van der Waals surface area contributed by atoms with E-state index in [2.05, 4.69) is 9.71 Å². The highest BCUT2D eigenvalue weighted by atomic mass is 32.2. The number of aromatic nitrogens is 1. The van der Waals surface area contributed by atoms with Gasteiger partial charge in [0.15, 0.2) is 5.84 Å². The lowest BCUT2D eigenvalue weighted by molar-refractivity contribution is 0.471. The number of fused-ring (bicyclic) bond motifs is 1. The van der Waals surface area contributed by atoms with Crippen molar-refractivity contribution in [3.05, 3.63) is 112 Å². The summed E-state index contributed by atoms with van der Waals surface area (Å²) in [7, 11) is -4.07. The van der Waals surface area contributed by atoms with Gasteiger partial charge in [0, 0.05) is 11.3 Å². The zero-order chi connectivity index (χ0) is 23.9. The minimum absolute atomic E-state index is 0.0123. The van der Waals surface area contributed by atoms with E-state index in [0.29, 0.717) is 22.5 Å². The van der Waals surface area contributed by atoms with Gasteiger partial charge in [-0.25, -0.2) is 0 Å². The number of sulfonamides is 1. The van der Waals surface area contributed by atoms with Gasteiger partial charge in [-0.1, -0.05) is 72.8 Å². The molecule has 3 aromatic carbocycles. The zero-order valence-electron chi connectivity index (χ0n) is 18.3. The molecule has 1 aromatic heterocycles. The van der Waals surface area contributed by atoms with Crippen molar-refractivity contribution in [1.82, 2.24) is 4.57 Å². The number of para-hydroxylation sites is 1. The summed E-state index contributed by atoms with van der Waals surface area (Å²) in [4.78, 5) is 13.7. The first-order valence-corrected chi connectivity index (χ1v) is 12.1. The number of nitrogens with one attached hydrogen (secondary N) is 1. The molecule has 0 saturated carbocycles. The summed E-state index contributed by atoms with van der Waals surface area (Å²) < 4.78 is 31.1. The molecule has 0 bridgehead atoms. The summed E-state index contributed by atoms with van der Waals surface area (Å²) in [5.41, 5.74) is 2.13. The van der Waals surface area contributed by atoms with Gasteiger partial charge in [0.1, 0.15) is 16.2 Å². The van der Waals surface area contributed by atoms with Gasteiger partial charge in [-0.2, -0.15) is 8.42 Å². The molecule has 170 valence electrons. The van der Waals surface area contributed by atoms with E-state index in [9.17, 15) is 18.3 Å². The number of benzene rings is 3. The van der Waals surface area contributed by atoms with E-state index < -0.39 is 15.6 Å². The Morgan fingerprint density at radius 2 is 1.50 bits per heavy atom. The molecule has 2 N–H and O–H groups in total. The molecule has 0 amide bonds. The highest BCUT2D eigenvalue weighted by molar-refractivity contribution is 7.90. The first-order valence-electron chi connectivity index (χ1n) is 10.6. The van der Waals surface area contributed by atoms with Gasteiger partial charge in [-0.15, -0.1) is 4.40 Å². The van der Waals surface area contributed by atoms with E-state index in [1.54, 1.807) is 25.1 Å². The molecule has 0 unspecified atom stereocenters. The third kappa shape index (κ3) is 3.68. The molecule has 0 radical (unpaired) electrons. The minimum atomic E-state index is -4.07. The Kier molecular flexibility index (Phi) is 5.30. The molecular formula is C26H21N3O4S. The smallest absolute Gasteiger partial charge is 0.286 e. The maximum Gasteiger partial charge on any atom is 0.286 e. The Labute approximate surface area is 196 Å². The Morgan fingerprint density at radius 1 is 0.882 bits per heavy atom. The van der Waals surface area contributed by atoms with Gasteiger partial charge >= 0.3 is 0 Å². The molecule has 0 aliphatic carbocycles. The highest BCUT2D eigenvalue weighted by Crippen LogP contribution is 2.36. The first kappa shape index (κ1) is 21.7. The summed E-state index contributed by atoms with van der Waals surface area (Å²) in [5.74, 6) is -0.529. The van der Waals surface area contributed by atoms with Crippen molar-refractivity contribution in [3.8, 4) is 16.9 Å². The van der Waals surface area contributed by atoms with E-state index in [1.165, 1.54) is 10.6 Å². The average molecular weight is 472 g/mol. The summed E-state index contributed by atoms with van der Waals surface area (Å²) in [6, 6.07) is 24.9. The minimum Gasteiger partial charge on any atom is -0.506 e. The van der Waals surface area contributed by atoms with Crippen molar-refractivity contribution in [2.75, 3.05) is 5.32 Å². The van der Waals surface area contributed by atoms with Crippen molar-refractivity contribution < 1.29 is 13.5 Å². The van der Waals surface area contributed by atoms with Crippen LogP contribution >= 0.6 is 0 Å². The van der Waals surface area contributed by atoms with Crippen LogP contribution in [0.5, 0.6) is 5.75 Å². The second-order valence-electron chi connectivity index (χ2n) is 7.96. The summed E-state index contributed by atoms with van der Waals surface area (Å²) in [6.07, 6.45) is 0. The van der Waals surface area contributed by atoms with Gasteiger partial charge < -0.3 is 15.0 Å². The molecule has 7 nitrogen and oxygen atoms in total. The lowest BCUT2D eigenvalue weighted by Crippen LogP contribution is -2.34. The molecular weight excluding hydrogens is 450 g/mol. The lowest BCUT2D eigenvalue weighted by atomic mass is 9.99. The number of hydrogen-bond donors (Lipinski definition) is 2. The van der Waals surface area contributed by atoms with E-state index in [1.807, 2.05) is 60.7 Å². The number of hydrogen-bond acceptors (Lipinski definition) is 5. The van der Waals surface area contributed by atoms with Crippen LogP contribution in [0.15, 0.2) is 99.0 Å². The van der Waals surface area contributed by atoms with E-state index in [4.69, 9.17) is 0 Å². The van der Waals surface area contributed by atoms with Gasteiger partial charge in [0.25, 0.3) is 15.6 Å². The van der Waals surface area contributed by atoms with Crippen LogP contribution in [0.1, 0.15) is 16.8 Å². The second kappa shape index (κ2) is 8.31. The van der Waals surface area contributed by atoms with Crippen LogP contribution in [0.25, 0.3) is 11.1 Å². The lowest BCUT2D eigenvalue weighted by Gasteiger charge is -2.22. The topological polar surface area (TPSA) is 101 Å². The van der Waals surface area contributed by atoms with Crippen LogP contribution in [-0.4, -0.2) is 23.9 Å². The van der Waals surface area contributed by atoms with E-state index in [-0.39, 0.29) is 28.6 Å². The molecule has 8 heteroatoms. The quantitative estimate of drug-likeness (QED) is 0.466. The molecule has 0 saturated heterocycles. The van der Waals surface area contributed by atoms with E-state index in [0.717, 1.165) is 5.56 Å². The fraction of sp³-hybridized carbons (Fsp3) is 0.0769. The van der Waals surface area contributed by atoms with Crippen LogP contribution in [-0.2, 0) is 16.6 Å². The van der Waals surface area contributed by atoms with Crippen molar-refractivity contribution in [2.45, 2.75) is 18.4 Å². The summed E-state index contributed by atoms with van der Waals surface area (Å²) in [6.45, 7) is 2.01. The van der Waals surface area contributed by atoms with Crippen molar-refractivity contribution in [1.29, 1.82) is 0 Å². The van der Waals surface area contributed by atoms with Gasteiger partial charge in [-0.3, -0.25) is 4.79 Å². The molecule has 34 heavy (non-hydrogen) atoms. The molecule has 5 rings (SSSR count). The fourth-order valence-electron chi connectivity index (χ4n) is 4.16. The number of nitrogens with zero attached hydrogens (tertiary/aromatic N) is 2. The maximum atomic E-state index is 13.7. The van der Waals surface area contributed by atoms with Crippen LogP contribution < -0.4 is 10.9 Å². The molecule has 1 aliphatic heterocycles. The Balaban J connectivity index is 1.79. The van der Waals surface area contributed by atoms with Gasteiger partial charge in [0.05, 0.1) is 12.2 Å². The molecule has 0 fully saturated rings. The van der Waals surface area contributed by atoms with Crippen molar-refractivity contribution in [2.24, 2.45) is 4.40 Å². The summed E-state index contributed by atoms with van der Waals surface area (Å²) >= 11 is 0. The number of rotatable bonds is 4. The van der Waals surface area contributed by atoms with Gasteiger partial charge in [0.2, 0.25) is 0 Å². The predicted molar refractivity (Wildman–Crippen MR) is 132 cm³/mol.